The molecular weight excluding hydrogens is 245 g/mol. The van der Waals surface area contributed by atoms with Gasteiger partial charge in [0.05, 0.1) is 4.90 Å². The van der Waals surface area contributed by atoms with Gasteiger partial charge in [0.2, 0.25) is 0 Å². The summed E-state index contributed by atoms with van der Waals surface area (Å²) in [5, 5.41) is 8.93. The van der Waals surface area contributed by atoms with Crippen molar-refractivity contribution in [2.75, 3.05) is 6.26 Å². The first-order valence-corrected chi connectivity index (χ1v) is 6.06. The van der Waals surface area contributed by atoms with Crippen molar-refractivity contribution >= 4 is 9.84 Å². The molecule has 3 nitrogen and oxygen atoms in total. The van der Waals surface area contributed by atoms with Crippen LogP contribution in [-0.2, 0) is 9.84 Å². The van der Waals surface area contributed by atoms with Crippen LogP contribution in [0.2, 0.25) is 0 Å². The first-order chi connectivity index (χ1) is 7.12. The Morgan fingerprint density at radius 2 is 1.88 bits per heavy atom. The summed E-state index contributed by atoms with van der Waals surface area (Å²) >= 11 is 0. The smallest absolute Gasteiger partial charge is 0.379 e. The maximum absolute atomic E-state index is 12.2. The lowest BCUT2D eigenvalue weighted by atomic mass is 10.1. The van der Waals surface area contributed by atoms with Gasteiger partial charge in [-0.1, -0.05) is 12.1 Å². The molecule has 90 valence electrons. The highest BCUT2D eigenvalue weighted by atomic mass is 32.2. The van der Waals surface area contributed by atoms with Crippen LogP contribution in [0.25, 0.3) is 0 Å². The molecule has 0 saturated heterocycles. The van der Waals surface area contributed by atoms with Gasteiger partial charge in [0.1, 0.15) is 0 Å². The highest BCUT2D eigenvalue weighted by Crippen LogP contribution is 2.32. The van der Waals surface area contributed by atoms with Crippen LogP contribution in [0, 0.1) is 0 Å². The largest absolute Gasteiger partial charge is 0.418 e. The van der Waals surface area contributed by atoms with Gasteiger partial charge in [-0.15, -0.1) is 0 Å². The number of aliphatic hydroxyl groups is 1. The van der Waals surface area contributed by atoms with Gasteiger partial charge in [0, 0.05) is 6.26 Å². The van der Waals surface area contributed by atoms with Gasteiger partial charge in [0.15, 0.2) is 15.9 Å². The van der Waals surface area contributed by atoms with Crippen molar-refractivity contribution in [1.82, 2.24) is 0 Å². The lowest BCUT2D eigenvalue weighted by Gasteiger charge is -2.15. The van der Waals surface area contributed by atoms with Crippen molar-refractivity contribution in [3.05, 3.63) is 29.8 Å². The Balaban J connectivity index is 3.19. The first kappa shape index (κ1) is 13.0. The van der Waals surface area contributed by atoms with Gasteiger partial charge < -0.3 is 5.11 Å². The molecule has 0 aromatic heterocycles. The van der Waals surface area contributed by atoms with E-state index < -0.39 is 27.7 Å². The van der Waals surface area contributed by atoms with Crippen LogP contribution in [0.3, 0.4) is 0 Å². The highest BCUT2D eigenvalue weighted by molar-refractivity contribution is 7.90. The fourth-order valence-corrected chi connectivity index (χ4v) is 1.78. The Kier molecular flexibility index (Phi) is 3.30. The number of hydrogen-bond donors (Lipinski definition) is 1. The van der Waals surface area contributed by atoms with Crippen molar-refractivity contribution in [2.45, 2.75) is 17.2 Å². The van der Waals surface area contributed by atoms with Gasteiger partial charge in [0.25, 0.3) is 0 Å². The number of alkyl halides is 3. The third-order valence-corrected chi connectivity index (χ3v) is 3.02. The van der Waals surface area contributed by atoms with Gasteiger partial charge in [-0.3, -0.25) is 0 Å². The van der Waals surface area contributed by atoms with Crippen LogP contribution in [0.1, 0.15) is 11.7 Å². The third-order valence-electron chi connectivity index (χ3n) is 1.91. The van der Waals surface area contributed by atoms with E-state index in [2.05, 4.69) is 0 Å². The molecule has 1 rings (SSSR count). The number of hydrogen-bond acceptors (Lipinski definition) is 3. The van der Waals surface area contributed by atoms with E-state index in [4.69, 9.17) is 5.11 Å². The minimum Gasteiger partial charge on any atom is -0.379 e. The van der Waals surface area contributed by atoms with Gasteiger partial charge in [-0.25, -0.2) is 8.42 Å². The molecule has 0 fully saturated rings. The van der Waals surface area contributed by atoms with Crippen LogP contribution in [-0.4, -0.2) is 26.0 Å². The Bertz CT molecular complexity index is 479. The second-order valence-corrected chi connectivity index (χ2v) is 5.30. The van der Waals surface area contributed by atoms with E-state index in [0.717, 1.165) is 24.5 Å². The Morgan fingerprint density at radius 3 is 2.31 bits per heavy atom. The summed E-state index contributed by atoms with van der Waals surface area (Å²) in [5.74, 6) is 0. The van der Waals surface area contributed by atoms with Crippen molar-refractivity contribution in [3.8, 4) is 0 Å². The Hall–Kier alpha value is -1.08. The van der Waals surface area contributed by atoms with E-state index in [-0.39, 0.29) is 4.90 Å². The molecule has 0 amide bonds. The van der Waals surface area contributed by atoms with Crippen LogP contribution < -0.4 is 0 Å². The fourth-order valence-electron chi connectivity index (χ4n) is 1.10. The summed E-state index contributed by atoms with van der Waals surface area (Å²) in [7, 11) is -3.58. The molecule has 0 bridgehead atoms. The SMILES string of the molecule is CS(=O)(=O)c1cccc([C@H](O)C(F)(F)F)c1. The van der Waals surface area contributed by atoms with Gasteiger partial charge in [-0.05, 0) is 17.7 Å². The molecule has 0 aliphatic rings. The van der Waals surface area contributed by atoms with E-state index in [9.17, 15) is 21.6 Å². The van der Waals surface area contributed by atoms with Crippen molar-refractivity contribution in [2.24, 2.45) is 0 Å². The lowest BCUT2D eigenvalue weighted by molar-refractivity contribution is -0.206. The predicted molar refractivity (Wildman–Crippen MR) is 50.6 cm³/mol. The van der Waals surface area contributed by atoms with E-state index in [1.807, 2.05) is 0 Å². The van der Waals surface area contributed by atoms with Crippen molar-refractivity contribution < 1.29 is 26.7 Å². The maximum atomic E-state index is 12.2. The van der Waals surface area contributed by atoms with Crippen LogP contribution in [0.5, 0.6) is 0 Å². The maximum Gasteiger partial charge on any atom is 0.418 e. The summed E-state index contributed by atoms with van der Waals surface area (Å²) < 4.78 is 58.7. The highest BCUT2D eigenvalue weighted by Gasteiger charge is 2.39. The number of aliphatic hydroxyl groups excluding tert-OH is 1. The fraction of sp³-hybridized carbons (Fsp3) is 0.333. The lowest BCUT2D eigenvalue weighted by Crippen LogP contribution is -2.20. The van der Waals surface area contributed by atoms with E-state index in [1.165, 1.54) is 6.07 Å². The molecule has 1 aromatic carbocycles. The van der Waals surface area contributed by atoms with Gasteiger partial charge >= 0.3 is 6.18 Å². The number of benzene rings is 1. The molecule has 1 N–H and O–H groups in total. The Labute approximate surface area is 90.4 Å². The molecule has 1 aromatic rings. The summed E-state index contributed by atoms with van der Waals surface area (Å²) in [6, 6.07) is 4.16. The van der Waals surface area contributed by atoms with Crippen molar-refractivity contribution in [1.29, 1.82) is 0 Å². The molecule has 0 spiro atoms. The van der Waals surface area contributed by atoms with Crippen LogP contribution in [0.15, 0.2) is 29.2 Å². The normalized spacial score (nSPS) is 14.8. The molecule has 0 radical (unpaired) electrons. The zero-order valence-electron chi connectivity index (χ0n) is 8.19. The zero-order chi connectivity index (χ0) is 12.6. The van der Waals surface area contributed by atoms with E-state index in [1.54, 1.807) is 0 Å². The molecule has 1 atom stereocenters. The van der Waals surface area contributed by atoms with Gasteiger partial charge in [-0.2, -0.15) is 13.2 Å². The summed E-state index contributed by atoms with van der Waals surface area (Å²) in [4.78, 5) is -0.256. The molecule has 0 aliphatic carbocycles. The average Bonchev–Trinajstić information content (AvgIpc) is 2.14. The average molecular weight is 254 g/mol. The van der Waals surface area contributed by atoms with Crippen LogP contribution in [0.4, 0.5) is 13.2 Å². The van der Waals surface area contributed by atoms with E-state index >= 15 is 0 Å². The summed E-state index contributed by atoms with van der Waals surface area (Å²) in [5.41, 5.74) is -0.490. The van der Waals surface area contributed by atoms with Crippen LogP contribution >= 0.6 is 0 Å². The standard InChI is InChI=1S/C9H9F3O3S/c1-16(14,15)7-4-2-3-6(5-7)8(13)9(10,11)12/h2-5,8,13H,1H3/t8-/m0/s1. The van der Waals surface area contributed by atoms with E-state index in [0.29, 0.717) is 0 Å². The second-order valence-electron chi connectivity index (χ2n) is 3.29. The first-order valence-electron chi connectivity index (χ1n) is 4.17. The zero-order valence-corrected chi connectivity index (χ0v) is 9.01. The number of halogens is 3. The molecule has 0 saturated carbocycles. The quantitative estimate of drug-likeness (QED) is 0.873. The number of rotatable bonds is 2. The minimum atomic E-state index is -4.81. The molecular formula is C9H9F3O3S. The summed E-state index contributed by atoms with van der Waals surface area (Å²) in [6.45, 7) is 0. The molecule has 0 heterocycles. The number of sulfone groups is 1. The molecule has 0 aliphatic heterocycles. The monoisotopic (exact) mass is 254 g/mol. The third kappa shape index (κ3) is 2.96. The summed E-state index contributed by atoms with van der Waals surface area (Å²) in [6.07, 6.45) is -6.60. The second kappa shape index (κ2) is 4.06. The molecule has 0 unspecified atom stereocenters. The van der Waals surface area contributed by atoms with Crippen molar-refractivity contribution in [3.63, 3.8) is 0 Å². The minimum absolute atomic E-state index is 0.256. The Morgan fingerprint density at radius 1 is 1.31 bits per heavy atom. The molecule has 16 heavy (non-hydrogen) atoms. The molecule has 7 heteroatoms. The topological polar surface area (TPSA) is 54.4 Å². The predicted octanol–water partition coefficient (Wildman–Crippen LogP) is 1.69.